The Morgan fingerprint density at radius 1 is 0.640 bits per heavy atom. The van der Waals surface area contributed by atoms with E-state index in [0.717, 1.165) is 51.6 Å². The summed E-state index contributed by atoms with van der Waals surface area (Å²) in [5, 5.41) is 3.62. The molecule has 7 heteroatoms. The van der Waals surface area contributed by atoms with Crippen molar-refractivity contribution in [3.05, 3.63) is 0 Å². The van der Waals surface area contributed by atoms with Crippen molar-refractivity contribution in [2.45, 2.75) is 66.7 Å². The van der Waals surface area contributed by atoms with E-state index in [2.05, 4.69) is 32.3 Å². The Bertz CT molecular complexity index is 292. The van der Waals surface area contributed by atoms with Crippen LogP contribution in [0.3, 0.4) is 0 Å². The number of nitrogens with one attached hydrogen (secondary N) is 1. The first-order valence-electron chi connectivity index (χ1n) is 10.0. The zero-order chi connectivity index (χ0) is 19.3. The van der Waals surface area contributed by atoms with Crippen LogP contribution in [0, 0.1) is 11.8 Å². The Morgan fingerprint density at radius 3 is 1.16 bits per heavy atom. The second kappa shape index (κ2) is 13.4. The van der Waals surface area contributed by atoms with Gasteiger partial charge in [-0.2, -0.15) is 0 Å². The van der Waals surface area contributed by atoms with Gasteiger partial charge in [-0.15, -0.1) is 0 Å². The third-order valence-corrected chi connectivity index (χ3v) is 10.7. The molecule has 2 atom stereocenters. The Hall–Kier alpha value is 0.234. The molecule has 0 saturated heterocycles. The van der Waals surface area contributed by atoms with E-state index in [1.54, 1.807) is 0 Å². The van der Waals surface area contributed by atoms with E-state index in [-0.39, 0.29) is 0 Å². The fourth-order valence-electron chi connectivity index (χ4n) is 3.53. The average molecular weight is 394 g/mol. The summed E-state index contributed by atoms with van der Waals surface area (Å²) in [5.41, 5.74) is 0. The third-order valence-electron chi connectivity index (χ3n) is 4.22. The van der Waals surface area contributed by atoms with E-state index in [1.807, 2.05) is 27.7 Å². The summed E-state index contributed by atoms with van der Waals surface area (Å²) in [7, 11) is -4.04. The van der Waals surface area contributed by atoms with Crippen LogP contribution in [-0.4, -0.2) is 56.6 Å². The molecule has 1 N–H and O–H groups in total. The molecule has 0 aromatic carbocycles. The highest BCUT2D eigenvalue weighted by Crippen LogP contribution is 2.21. The normalized spacial score (nSPS) is 15.4. The SMILES string of the molecule is CCO[Si](C)(CC(C)CNCC(C)C[Si](C)(OCC)OCC)OCC. The van der Waals surface area contributed by atoms with E-state index < -0.39 is 17.1 Å². The highest BCUT2D eigenvalue weighted by atomic mass is 28.4. The van der Waals surface area contributed by atoms with Crippen LogP contribution in [0.15, 0.2) is 0 Å². The Kier molecular flexibility index (Phi) is 13.5. The summed E-state index contributed by atoms with van der Waals surface area (Å²) < 4.78 is 23.8. The predicted molar refractivity (Wildman–Crippen MR) is 111 cm³/mol. The van der Waals surface area contributed by atoms with Crippen molar-refractivity contribution in [2.75, 3.05) is 39.5 Å². The molecule has 0 aliphatic carbocycles. The van der Waals surface area contributed by atoms with E-state index in [1.165, 1.54) is 0 Å². The van der Waals surface area contributed by atoms with Crippen LogP contribution in [0.4, 0.5) is 0 Å². The molecule has 2 unspecified atom stereocenters. The maximum absolute atomic E-state index is 5.95. The Labute approximate surface area is 158 Å². The largest absolute Gasteiger partial charge is 0.395 e. The van der Waals surface area contributed by atoms with Crippen molar-refractivity contribution in [1.29, 1.82) is 0 Å². The fraction of sp³-hybridized carbons (Fsp3) is 1.00. The highest BCUT2D eigenvalue weighted by molar-refractivity contribution is 6.66. The third kappa shape index (κ3) is 11.5. The standard InChI is InChI=1S/C18H43NO4Si2/c1-9-20-24(7,21-10-2)15-17(5)13-19-14-18(6)16-25(8,22-11-3)23-12-4/h17-19H,9-16H2,1-8H3. The molecule has 0 aliphatic rings. The second-order valence-corrected chi connectivity index (χ2v) is 13.8. The summed E-state index contributed by atoms with van der Waals surface area (Å²) in [4.78, 5) is 0. The second-order valence-electron chi connectivity index (χ2n) is 7.28. The minimum Gasteiger partial charge on any atom is -0.395 e. The van der Waals surface area contributed by atoms with Crippen molar-refractivity contribution in [1.82, 2.24) is 5.32 Å². The van der Waals surface area contributed by atoms with Gasteiger partial charge in [0.05, 0.1) is 0 Å². The van der Waals surface area contributed by atoms with Gasteiger partial charge in [-0.3, -0.25) is 0 Å². The van der Waals surface area contributed by atoms with E-state index in [4.69, 9.17) is 17.7 Å². The van der Waals surface area contributed by atoms with Crippen molar-refractivity contribution in [3.63, 3.8) is 0 Å². The fourth-order valence-corrected chi connectivity index (χ4v) is 9.43. The van der Waals surface area contributed by atoms with Crippen LogP contribution in [0.5, 0.6) is 0 Å². The van der Waals surface area contributed by atoms with Gasteiger partial charge in [0.15, 0.2) is 0 Å². The van der Waals surface area contributed by atoms with Gasteiger partial charge in [0.1, 0.15) is 0 Å². The molecule has 0 heterocycles. The summed E-state index contributed by atoms with van der Waals surface area (Å²) >= 11 is 0. The zero-order valence-corrected chi connectivity index (χ0v) is 19.9. The topological polar surface area (TPSA) is 49.0 Å². The Balaban J connectivity index is 4.26. The van der Waals surface area contributed by atoms with Gasteiger partial charge < -0.3 is 23.0 Å². The first-order valence-corrected chi connectivity index (χ1v) is 15.0. The number of rotatable bonds is 16. The molecule has 0 bridgehead atoms. The lowest BCUT2D eigenvalue weighted by atomic mass is 10.2. The van der Waals surface area contributed by atoms with E-state index >= 15 is 0 Å². The van der Waals surface area contributed by atoms with Crippen LogP contribution < -0.4 is 5.32 Å². The molecule has 0 amide bonds. The predicted octanol–water partition coefficient (Wildman–Crippen LogP) is 4.14. The van der Waals surface area contributed by atoms with E-state index in [0.29, 0.717) is 11.8 Å². The van der Waals surface area contributed by atoms with Crippen LogP contribution in [0.1, 0.15) is 41.5 Å². The molecule has 0 aromatic heterocycles. The van der Waals surface area contributed by atoms with Crippen LogP contribution in [-0.2, 0) is 17.7 Å². The van der Waals surface area contributed by atoms with Crippen molar-refractivity contribution < 1.29 is 17.7 Å². The summed E-state index contributed by atoms with van der Waals surface area (Å²) in [6.07, 6.45) is 0. The van der Waals surface area contributed by atoms with Crippen LogP contribution in [0.2, 0.25) is 25.2 Å². The lowest BCUT2D eigenvalue weighted by Gasteiger charge is -2.30. The average Bonchev–Trinajstić information content (AvgIpc) is 2.47. The van der Waals surface area contributed by atoms with Gasteiger partial charge in [-0.25, -0.2) is 0 Å². The first kappa shape index (κ1) is 25.2. The molecular formula is C18H43NO4Si2. The summed E-state index contributed by atoms with van der Waals surface area (Å²) in [5.74, 6) is 1.09. The summed E-state index contributed by atoms with van der Waals surface area (Å²) in [6, 6.07) is 2.06. The molecule has 0 fully saturated rings. The lowest BCUT2D eigenvalue weighted by Crippen LogP contribution is -2.43. The van der Waals surface area contributed by atoms with Crippen molar-refractivity contribution >= 4 is 17.1 Å². The van der Waals surface area contributed by atoms with Gasteiger partial charge in [0, 0.05) is 26.4 Å². The minimum atomic E-state index is -2.02. The molecule has 0 aromatic rings. The molecule has 0 radical (unpaired) electrons. The van der Waals surface area contributed by atoms with Gasteiger partial charge in [-0.05, 0) is 77.8 Å². The molecule has 25 heavy (non-hydrogen) atoms. The molecule has 0 saturated carbocycles. The lowest BCUT2D eigenvalue weighted by molar-refractivity contribution is 0.183. The molecule has 0 spiro atoms. The van der Waals surface area contributed by atoms with Gasteiger partial charge >= 0.3 is 17.1 Å². The summed E-state index contributed by atoms with van der Waals surface area (Å²) in [6.45, 7) is 22.0. The molecule has 5 nitrogen and oxygen atoms in total. The van der Waals surface area contributed by atoms with Gasteiger partial charge in [0.25, 0.3) is 0 Å². The number of hydrogen-bond acceptors (Lipinski definition) is 5. The van der Waals surface area contributed by atoms with Gasteiger partial charge in [0.2, 0.25) is 0 Å². The first-order chi connectivity index (χ1) is 11.7. The monoisotopic (exact) mass is 393 g/mol. The highest BCUT2D eigenvalue weighted by Gasteiger charge is 2.34. The van der Waals surface area contributed by atoms with Crippen molar-refractivity contribution in [3.8, 4) is 0 Å². The van der Waals surface area contributed by atoms with Crippen LogP contribution in [0.25, 0.3) is 0 Å². The molecule has 0 aliphatic heterocycles. The quantitative estimate of drug-likeness (QED) is 0.399. The molecule has 152 valence electrons. The smallest absolute Gasteiger partial charge is 0.335 e. The maximum Gasteiger partial charge on any atom is 0.335 e. The van der Waals surface area contributed by atoms with Crippen molar-refractivity contribution in [2.24, 2.45) is 11.8 Å². The van der Waals surface area contributed by atoms with Gasteiger partial charge in [-0.1, -0.05) is 13.8 Å². The number of hydrogen-bond donors (Lipinski definition) is 1. The van der Waals surface area contributed by atoms with Crippen LogP contribution >= 0.6 is 0 Å². The maximum atomic E-state index is 5.95. The Morgan fingerprint density at radius 2 is 0.920 bits per heavy atom. The minimum absolute atomic E-state index is 0.546. The zero-order valence-electron chi connectivity index (χ0n) is 17.9. The molecular weight excluding hydrogens is 350 g/mol. The molecule has 0 rings (SSSR count). The van der Waals surface area contributed by atoms with E-state index in [9.17, 15) is 0 Å².